The maximum absolute atomic E-state index is 14.8. The third-order valence-corrected chi connectivity index (χ3v) is 15.7. The molecule has 4 rings (SSSR count). The number of carboxylic acid groups (broad SMARTS) is 2. The number of rotatable bonds is 40. The number of phenols is 1. The molecule has 0 spiro atoms. The topological polar surface area (TPSA) is 543 Å². The zero-order valence-electron chi connectivity index (χ0n) is 53.7. The van der Waals surface area contributed by atoms with Gasteiger partial charge in [0.2, 0.25) is 59.1 Å². The molecule has 2 aromatic carbocycles. The number of aromatic nitrogens is 1. The van der Waals surface area contributed by atoms with E-state index < -0.39 is 169 Å². The molecule has 0 aliphatic carbocycles. The molecule has 1 aliphatic heterocycles. The summed E-state index contributed by atoms with van der Waals surface area (Å²) < 4.78 is 0. The lowest BCUT2D eigenvalue weighted by atomic mass is 9.98. The number of aliphatic hydroxyl groups is 1. The number of amides is 10. The number of nitrogens with one attached hydrogen (secondary N) is 9. The SMILES string of the molecule is CC(C)C[C@H](NC(=O)[C@@H](N)Cc1c[nH]c2ccccc12)C(=O)N[C@H](C(=O)N[C@@H](CCCCN)C(=O)N[C@@H](CCCN=C(N)N)C(=O)N[C@@H](Cc1ccc(O)cc1)C(=O)N[C@@H](CCC(=O)O)C(=O)N1CCC[C@H]1C(=O)N[C@@H](CCC(N)=O)C(=O)N[C@H](C(=O)O)[C@@H](C)O)C(C)C. The number of aliphatic hydroxyl groups excluding tert-OH is 1. The summed E-state index contributed by atoms with van der Waals surface area (Å²) in [5.41, 5.74) is 30.7. The van der Waals surface area contributed by atoms with Gasteiger partial charge in [0, 0.05) is 49.5 Å². The number of hydrogen-bond donors (Lipinski definition) is 18. The predicted octanol–water partition coefficient (Wildman–Crippen LogP) is -2.66. The van der Waals surface area contributed by atoms with Crippen molar-refractivity contribution in [3.63, 3.8) is 0 Å². The number of aromatic amines is 1. The number of para-hydroxylation sites is 1. The molecule has 1 fully saturated rings. The van der Waals surface area contributed by atoms with Crippen molar-refractivity contribution in [3.8, 4) is 5.75 Å². The minimum atomic E-state index is -1.82. The molecule has 3 aromatic rings. The molecule has 0 radical (unpaired) electrons. The Labute approximate surface area is 544 Å². The zero-order chi connectivity index (χ0) is 69.9. The van der Waals surface area contributed by atoms with E-state index in [1.165, 1.54) is 24.3 Å². The van der Waals surface area contributed by atoms with E-state index in [0.717, 1.165) is 28.3 Å². The first-order chi connectivity index (χ1) is 44.4. The summed E-state index contributed by atoms with van der Waals surface area (Å²) in [4.78, 5) is 172. The first-order valence-corrected chi connectivity index (χ1v) is 31.4. The standard InChI is InChI=1S/C62H94N16O16/c1-32(2)28-45(74-52(84)39(64)30-36-31-69-40-13-7-6-12-38(36)40)57(89)76-50(33(3)4)59(91)72-41(14-8-9-25-63)53(85)70-42(15-10-26-68-62(66)67)54(86)75-46(29-35-17-19-37(80)20-18-35)56(88)73-44(22-24-49(82)83)60(92)78-27-11-16-47(78)58(90)71-43(21-23-48(65)81)55(87)77-51(34(5)79)61(93)94/h6-7,12-13,17-20,31-34,39,41-47,50-51,69,79-80H,8-11,14-16,21-30,63-64H2,1-5H3,(H2,65,81)(H,70,85)(H,71,90)(H,72,91)(H,73,88)(H,74,84)(H,75,86)(H,76,89)(H,77,87)(H,82,83)(H,93,94)(H4,66,67,68)/t34-,39+,41+,42+,43+,44+,45+,46+,47+,50+,51+/m1/s1. The molecule has 11 atom stereocenters. The molecule has 32 heteroatoms. The van der Waals surface area contributed by atoms with Crippen molar-refractivity contribution in [1.29, 1.82) is 0 Å². The van der Waals surface area contributed by atoms with Gasteiger partial charge >= 0.3 is 11.9 Å². The lowest BCUT2D eigenvalue weighted by molar-refractivity contribution is -0.146. The minimum Gasteiger partial charge on any atom is -0.508 e. The number of H-pyrrole nitrogens is 1. The number of benzene rings is 2. The van der Waals surface area contributed by atoms with Crippen molar-refractivity contribution in [2.45, 2.75) is 191 Å². The van der Waals surface area contributed by atoms with Crippen LogP contribution in [0.1, 0.15) is 123 Å². The molecule has 0 saturated carbocycles. The third-order valence-electron chi connectivity index (χ3n) is 15.7. The zero-order valence-corrected chi connectivity index (χ0v) is 53.7. The van der Waals surface area contributed by atoms with Crippen LogP contribution >= 0.6 is 0 Å². The van der Waals surface area contributed by atoms with Crippen LogP contribution in [-0.4, -0.2) is 193 Å². The Morgan fingerprint density at radius 2 is 1.18 bits per heavy atom. The number of unbranched alkanes of at least 4 members (excludes halogenated alkanes) is 1. The summed E-state index contributed by atoms with van der Waals surface area (Å²) in [6, 6.07) is -1.48. The van der Waals surface area contributed by atoms with E-state index in [1.807, 2.05) is 38.1 Å². The number of carbonyl (C=O) groups is 12. The molecule has 2 heterocycles. The van der Waals surface area contributed by atoms with Crippen molar-refractivity contribution in [2.75, 3.05) is 19.6 Å². The second-order valence-corrected chi connectivity index (χ2v) is 24.2. The average Bonchev–Trinajstić information content (AvgIpc) is 1.60. The fourth-order valence-corrected chi connectivity index (χ4v) is 10.6. The van der Waals surface area contributed by atoms with Gasteiger partial charge in [0.1, 0.15) is 54.1 Å². The van der Waals surface area contributed by atoms with Gasteiger partial charge in [-0.05, 0) is 125 Å². The van der Waals surface area contributed by atoms with Gasteiger partial charge in [0.25, 0.3) is 0 Å². The van der Waals surface area contributed by atoms with Crippen LogP contribution in [0.25, 0.3) is 10.9 Å². The molecule has 94 heavy (non-hydrogen) atoms. The van der Waals surface area contributed by atoms with E-state index in [2.05, 4.69) is 52.5 Å². The number of aromatic hydroxyl groups is 1. The molecule has 0 bridgehead atoms. The Morgan fingerprint density at radius 3 is 1.78 bits per heavy atom. The normalized spacial score (nSPS) is 16.1. The van der Waals surface area contributed by atoms with Gasteiger partial charge in [-0.25, -0.2) is 4.79 Å². The monoisotopic (exact) mass is 1320 g/mol. The second kappa shape index (κ2) is 37.9. The second-order valence-electron chi connectivity index (χ2n) is 24.2. The lowest BCUT2D eigenvalue weighted by Crippen LogP contribution is -2.61. The van der Waals surface area contributed by atoms with E-state index in [1.54, 1.807) is 20.0 Å². The van der Waals surface area contributed by atoms with Crippen LogP contribution in [0, 0.1) is 11.8 Å². The van der Waals surface area contributed by atoms with Crippen molar-refractivity contribution in [1.82, 2.24) is 52.4 Å². The van der Waals surface area contributed by atoms with E-state index in [0.29, 0.717) is 18.4 Å². The highest BCUT2D eigenvalue weighted by Gasteiger charge is 2.41. The Morgan fingerprint density at radius 1 is 0.628 bits per heavy atom. The van der Waals surface area contributed by atoms with Crippen molar-refractivity contribution < 1.29 is 78.0 Å². The summed E-state index contributed by atoms with van der Waals surface area (Å²) >= 11 is 0. The highest BCUT2D eigenvalue weighted by Crippen LogP contribution is 2.23. The molecule has 0 unspecified atom stereocenters. The smallest absolute Gasteiger partial charge is 0.328 e. The van der Waals surface area contributed by atoms with Gasteiger partial charge in [-0.1, -0.05) is 58.0 Å². The Kier molecular flexibility index (Phi) is 31.1. The number of phenolic OH excluding ortho intramolecular Hbond substituents is 1. The van der Waals surface area contributed by atoms with Crippen LogP contribution in [0.15, 0.2) is 59.7 Å². The number of guanidine groups is 1. The molecule has 10 amide bonds. The van der Waals surface area contributed by atoms with Crippen LogP contribution in [0.5, 0.6) is 5.75 Å². The Hall–Kier alpha value is -9.43. The quantitative estimate of drug-likeness (QED) is 0.0157. The molecule has 1 saturated heterocycles. The number of primary amides is 1. The summed E-state index contributed by atoms with van der Waals surface area (Å²) in [5.74, 6) is -13.0. The number of fused-ring (bicyclic) bond motifs is 1. The summed E-state index contributed by atoms with van der Waals surface area (Å²) in [7, 11) is 0. The molecular formula is C62H94N16O16. The number of carboxylic acids is 2. The van der Waals surface area contributed by atoms with Crippen molar-refractivity contribution in [2.24, 2.45) is 45.5 Å². The maximum Gasteiger partial charge on any atom is 0.328 e. The fourth-order valence-electron chi connectivity index (χ4n) is 10.6. The largest absolute Gasteiger partial charge is 0.508 e. The summed E-state index contributed by atoms with van der Waals surface area (Å²) in [6.45, 7) is 8.17. The van der Waals surface area contributed by atoms with E-state index in [9.17, 15) is 78.0 Å². The highest BCUT2D eigenvalue weighted by atomic mass is 16.4. The molecule has 518 valence electrons. The van der Waals surface area contributed by atoms with Crippen LogP contribution in [0.4, 0.5) is 0 Å². The predicted molar refractivity (Wildman–Crippen MR) is 344 cm³/mol. The minimum absolute atomic E-state index is 0.0146. The van der Waals surface area contributed by atoms with Gasteiger partial charge in [0.15, 0.2) is 12.0 Å². The van der Waals surface area contributed by atoms with Crippen molar-refractivity contribution >= 4 is 87.9 Å². The van der Waals surface area contributed by atoms with E-state index in [4.69, 9.17) is 28.7 Å². The molecular weight excluding hydrogens is 1220 g/mol. The number of likely N-dealkylation sites (tertiary alicyclic amines) is 1. The van der Waals surface area contributed by atoms with Gasteiger partial charge < -0.3 is 102 Å². The molecule has 1 aliphatic rings. The fraction of sp³-hybridized carbons (Fsp3) is 0.565. The van der Waals surface area contributed by atoms with Gasteiger partial charge in [0.05, 0.1) is 12.1 Å². The van der Waals surface area contributed by atoms with Gasteiger partial charge in [-0.2, -0.15) is 0 Å². The van der Waals surface area contributed by atoms with Gasteiger partial charge in [-0.3, -0.25) is 57.7 Å². The number of nitrogens with two attached hydrogens (primary N) is 5. The number of nitrogens with zero attached hydrogens (tertiary/aromatic N) is 2. The van der Waals surface area contributed by atoms with E-state index in [-0.39, 0.29) is 88.6 Å². The maximum atomic E-state index is 14.8. The number of aliphatic carboxylic acids is 2. The number of carbonyl (C=O) groups excluding carboxylic acids is 10. The third kappa shape index (κ3) is 24.9. The number of aliphatic imine (C=N–C) groups is 1. The molecule has 1 aromatic heterocycles. The molecule has 23 N–H and O–H groups in total. The number of hydrogen-bond acceptors (Lipinski definition) is 17. The Balaban J connectivity index is 1.62. The van der Waals surface area contributed by atoms with Crippen LogP contribution < -0.4 is 71.2 Å². The lowest BCUT2D eigenvalue weighted by Gasteiger charge is -2.31. The van der Waals surface area contributed by atoms with Crippen molar-refractivity contribution in [3.05, 3.63) is 65.9 Å². The van der Waals surface area contributed by atoms with Gasteiger partial charge in [-0.15, -0.1) is 0 Å². The first-order valence-electron chi connectivity index (χ1n) is 31.4. The first kappa shape index (κ1) is 77.0. The van der Waals surface area contributed by atoms with Crippen LogP contribution in [0.3, 0.4) is 0 Å². The summed E-state index contributed by atoms with van der Waals surface area (Å²) in [5, 5.41) is 61.0. The van der Waals surface area contributed by atoms with Crippen LogP contribution in [0.2, 0.25) is 0 Å². The van der Waals surface area contributed by atoms with E-state index >= 15 is 0 Å². The Bertz CT molecular complexity index is 3130. The summed E-state index contributed by atoms with van der Waals surface area (Å²) in [6.07, 6.45) is -1.25. The molecule has 32 nitrogen and oxygen atoms in total. The average molecular weight is 1320 g/mol. The van der Waals surface area contributed by atoms with Crippen LogP contribution in [-0.2, 0) is 70.4 Å². The highest BCUT2D eigenvalue weighted by molar-refractivity contribution is 5.99.